The van der Waals surface area contributed by atoms with Crippen LogP contribution in [0.3, 0.4) is 0 Å². The van der Waals surface area contributed by atoms with Gasteiger partial charge in [-0.15, -0.1) is 0 Å². The number of aliphatic hydroxyl groups is 1. The molecule has 2 heteroatoms. The highest BCUT2D eigenvalue weighted by Gasteiger charge is 2.54. The zero-order valence-corrected chi connectivity index (χ0v) is 9.60. The smallest absolute Gasteiger partial charge is 0.0846 e. The Morgan fingerprint density at radius 3 is 2.69 bits per heavy atom. The fourth-order valence-corrected chi connectivity index (χ4v) is 3.21. The summed E-state index contributed by atoms with van der Waals surface area (Å²) in [5.74, 6) is 0.559. The molecule has 1 aromatic carbocycles. The molecule has 2 bridgehead atoms. The Balaban J connectivity index is 1.75. The molecule has 2 saturated heterocycles. The van der Waals surface area contributed by atoms with Crippen LogP contribution in [0, 0.1) is 5.92 Å². The summed E-state index contributed by atoms with van der Waals surface area (Å²) in [4.78, 5) is 0. The standard InChI is InChI=1S/C14H18O2/c1-14-9-12(15)13(16-14)8-11(14)7-10-5-3-2-4-6-10/h2-6,11-13,15H,7-9H2,1H3/t11-,12+,13-,14-/m1/s1. The van der Waals surface area contributed by atoms with Crippen molar-refractivity contribution < 1.29 is 9.84 Å². The Morgan fingerprint density at radius 1 is 1.38 bits per heavy atom. The molecule has 0 amide bonds. The molecule has 86 valence electrons. The molecule has 0 saturated carbocycles. The third kappa shape index (κ3) is 1.57. The van der Waals surface area contributed by atoms with Crippen molar-refractivity contribution in [1.82, 2.24) is 0 Å². The second-order valence-corrected chi connectivity index (χ2v) is 5.36. The van der Waals surface area contributed by atoms with Gasteiger partial charge in [0.1, 0.15) is 0 Å². The minimum absolute atomic E-state index is 0.0821. The molecule has 2 aliphatic rings. The third-order valence-corrected chi connectivity index (χ3v) is 4.17. The van der Waals surface area contributed by atoms with E-state index in [0.717, 1.165) is 19.3 Å². The number of fused-ring (bicyclic) bond motifs is 2. The molecule has 1 aromatic rings. The lowest BCUT2D eigenvalue weighted by atomic mass is 9.75. The first-order valence-corrected chi connectivity index (χ1v) is 6.07. The van der Waals surface area contributed by atoms with Crippen molar-refractivity contribution in [3.63, 3.8) is 0 Å². The van der Waals surface area contributed by atoms with Gasteiger partial charge in [-0.1, -0.05) is 30.3 Å². The summed E-state index contributed by atoms with van der Waals surface area (Å²) in [5.41, 5.74) is 1.28. The largest absolute Gasteiger partial charge is 0.390 e. The van der Waals surface area contributed by atoms with Crippen LogP contribution in [0.2, 0.25) is 0 Å². The van der Waals surface area contributed by atoms with Gasteiger partial charge >= 0.3 is 0 Å². The highest BCUT2D eigenvalue weighted by molar-refractivity contribution is 5.18. The first kappa shape index (κ1) is 10.3. The molecular weight excluding hydrogens is 200 g/mol. The van der Waals surface area contributed by atoms with E-state index in [2.05, 4.69) is 31.2 Å². The molecule has 2 heterocycles. The molecule has 3 rings (SSSR count). The number of benzene rings is 1. The van der Waals surface area contributed by atoms with E-state index in [1.54, 1.807) is 0 Å². The zero-order valence-electron chi connectivity index (χ0n) is 9.60. The van der Waals surface area contributed by atoms with Gasteiger partial charge in [-0.25, -0.2) is 0 Å². The lowest BCUT2D eigenvalue weighted by Crippen LogP contribution is -2.35. The van der Waals surface area contributed by atoms with Crippen molar-refractivity contribution in [2.24, 2.45) is 5.92 Å². The average molecular weight is 218 g/mol. The lowest BCUT2D eigenvalue weighted by molar-refractivity contribution is 0.000676. The number of rotatable bonds is 2. The van der Waals surface area contributed by atoms with E-state index in [1.165, 1.54) is 5.56 Å². The normalized spacial score (nSPS) is 41.5. The Bertz CT molecular complexity index is 372. The van der Waals surface area contributed by atoms with Crippen LogP contribution < -0.4 is 0 Å². The molecule has 0 aliphatic carbocycles. The van der Waals surface area contributed by atoms with E-state index < -0.39 is 0 Å². The van der Waals surface area contributed by atoms with Crippen LogP contribution in [0.4, 0.5) is 0 Å². The van der Waals surface area contributed by atoms with Crippen LogP contribution in [0.5, 0.6) is 0 Å². The van der Waals surface area contributed by atoms with Crippen LogP contribution in [0.25, 0.3) is 0 Å². The molecule has 0 unspecified atom stereocenters. The summed E-state index contributed by atoms with van der Waals surface area (Å²) in [6.07, 6.45) is 2.72. The molecule has 2 aliphatic heterocycles. The van der Waals surface area contributed by atoms with Gasteiger partial charge in [-0.2, -0.15) is 0 Å². The summed E-state index contributed by atoms with van der Waals surface area (Å²) >= 11 is 0. The molecule has 2 fully saturated rings. The summed E-state index contributed by atoms with van der Waals surface area (Å²) < 4.78 is 5.91. The van der Waals surface area contributed by atoms with Crippen molar-refractivity contribution in [3.8, 4) is 0 Å². The maximum absolute atomic E-state index is 9.74. The van der Waals surface area contributed by atoms with Gasteiger partial charge in [0, 0.05) is 6.42 Å². The molecule has 0 aromatic heterocycles. The van der Waals surface area contributed by atoms with Crippen molar-refractivity contribution in [3.05, 3.63) is 35.9 Å². The Labute approximate surface area is 96.2 Å². The van der Waals surface area contributed by atoms with Crippen LogP contribution in [-0.4, -0.2) is 22.9 Å². The van der Waals surface area contributed by atoms with Crippen molar-refractivity contribution >= 4 is 0 Å². The van der Waals surface area contributed by atoms with Crippen molar-refractivity contribution in [2.75, 3.05) is 0 Å². The first-order chi connectivity index (χ1) is 7.67. The van der Waals surface area contributed by atoms with Crippen LogP contribution >= 0.6 is 0 Å². The Hall–Kier alpha value is -0.860. The Morgan fingerprint density at radius 2 is 2.12 bits per heavy atom. The second-order valence-electron chi connectivity index (χ2n) is 5.36. The summed E-state index contributed by atoms with van der Waals surface area (Å²) in [6, 6.07) is 10.6. The van der Waals surface area contributed by atoms with Gasteiger partial charge in [0.15, 0.2) is 0 Å². The molecule has 1 N–H and O–H groups in total. The number of aliphatic hydroxyl groups excluding tert-OH is 1. The third-order valence-electron chi connectivity index (χ3n) is 4.17. The predicted molar refractivity (Wildman–Crippen MR) is 62.2 cm³/mol. The van der Waals surface area contributed by atoms with E-state index in [0.29, 0.717) is 5.92 Å². The van der Waals surface area contributed by atoms with Gasteiger partial charge in [0.05, 0.1) is 17.8 Å². The van der Waals surface area contributed by atoms with Gasteiger partial charge in [0.2, 0.25) is 0 Å². The van der Waals surface area contributed by atoms with Crippen molar-refractivity contribution in [2.45, 2.75) is 44.0 Å². The van der Waals surface area contributed by atoms with E-state index in [9.17, 15) is 5.11 Å². The predicted octanol–water partition coefficient (Wildman–Crippen LogP) is 2.16. The Kier molecular flexibility index (Phi) is 2.30. The monoisotopic (exact) mass is 218 g/mol. The second kappa shape index (κ2) is 3.57. The SMILES string of the molecule is C[C@@]12C[C@H](O)[C@@H](C[C@H]1Cc1ccccc1)O2. The quantitative estimate of drug-likeness (QED) is 0.824. The number of ether oxygens (including phenoxy) is 1. The van der Waals surface area contributed by atoms with E-state index in [4.69, 9.17) is 4.74 Å². The lowest BCUT2D eigenvalue weighted by Gasteiger charge is -2.30. The molecule has 2 nitrogen and oxygen atoms in total. The molecule has 4 atom stereocenters. The fraction of sp³-hybridized carbons (Fsp3) is 0.571. The summed E-state index contributed by atoms with van der Waals surface area (Å²) in [7, 11) is 0. The highest BCUT2D eigenvalue weighted by Crippen LogP contribution is 2.48. The topological polar surface area (TPSA) is 29.5 Å². The van der Waals surface area contributed by atoms with Gasteiger partial charge in [-0.05, 0) is 31.2 Å². The van der Waals surface area contributed by atoms with Gasteiger partial charge in [-0.3, -0.25) is 0 Å². The summed E-state index contributed by atoms with van der Waals surface area (Å²) in [5, 5.41) is 9.74. The maximum atomic E-state index is 9.74. The van der Waals surface area contributed by atoms with Crippen molar-refractivity contribution in [1.29, 1.82) is 0 Å². The molecule has 0 radical (unpaired) electrons. The highest BCUT2D eigenvalue weighted by atomic mass is 16.5. The van der Waals surface area contributed by atoms with E-state index in [1.807, 2.05) is 6.07 Å². The zero-order chi connectivity index (χ0) is 11.2. The number of hydrogen-bond donors (Lipinski definition) is 1. The fourth-order valence-electron chi connectivity index (χ4n) is 3.21. The first-order valence-electron chi connectivity index (χ1n) is 6.07. The van der Waals surface area contributed by atoms with Crippen LogP contribution in [0.15, 0.2) is 30.3 Å². The molecular formula is C14H18O2. The average Bonchev–Trinajstić information content (AvgIpc) is 2.71. The van der Waals surface area contributed by atoms with Gasteiger partial charge < -0.3 is 9.84 Å². The van der Waals surface area contributed by atoms with Crippen LogP contribution in [0.1, 0.15) is 25.3 Å². The van der Waals surface area contributed by atoms with Crippen LogP contribution in [-0.2, 0) is 11.2 Å². The van der Waals surface area contributed by atoms with Gasteiger partial charge in [0.25, 0.3) is 0 Å². The molecule has 0 spiro atoms. The minimum Gasteiger partial charge on any atom is -0.390 e. The van der Waals surface area contributed by atoms with E-state index >= 15 is 0 Å². The minimum atomic E-state index is -0.239. The molecule has 16 heavy (non-hydrogen) atoms. The maximum Gasteiger partial charge on any atom is 0.0846 e. The summed E-state index contributed by atoms with van der Waals surface area (Å²) in [6.45, 7) is 2.15. The van der Waals surface area contributed by atoms with E-state index in [-0.39, 0.29) is 17.8 Å². The number of hydrogen-bond acceptors (Lipinski definition) is 2.